The van der Waals surface area contributed by atoms with E-state index in [9.17, 15) is 22.8 Å². The van der Waals surface area contributed by atoms with Gasteiger partial charge in [-0.05, 0) is 65.2 Å². The van der Waals surface area contributed by atoms with E-state index in [1.807, 2.05) is 42.5 Å². The molecule has 0 radical (unpaired) electrons. The predicted molar refractivity (Wildman–Crippen MR) is 172 cm³/mol. The zero-order valence-corrected chi connectivity index (χ0v) is 26.3. The zero-order chi connectivity index (χ0) is 32.6. The van der Waals surface area contributed by atoms with Gasteiger partial charge < -0.3 is 9.47 Å². The molecular formula is C34H23Cl2F3N2O4S. The molecule has 5 aromatic rings. The van der Waals surface area contributed by atoms with Gasteiger partial charge in [0.2, 0.25) is 0 Å². The number of thiazole rings is 1. The molecule has 6 nitrogen and oxygen atoms in total. The fourth-order valence-corrected chi connectivity index (χ4v) is 6.58. The number of nitrogens with zero attached hydrogens (tertiary/aromatic N) is 2. The number of esters is 1. The van der Waals surface area contributed by atoms with Gasteiger partial charge in [-0.3, -0.25) is 9.36 Å². The average Bonchev–Trinajstić information content (AvgIpc) is 3.34. The van der Waals surface area contributed by atoms with Crippen LogP contribution < -0.4 is 19.6 Å². The summed E-state index contributed by atoms with van der Waals surface area (Å²) in [7, 11) is 0. The molecule has 1 aliphatic heterocycles. The molecule has 0 amide bonds. The summed E-state index contributed by atoms with van der Waals surface area (Å²) in [5.74, 6) is -0.826. The summed E-state index contributed by atoms with van der Waals surface area (Å²) in [6, 6.07) is 23.0. The molecule has 1 atom stereocenters. The van der Waals surface area contributed by atoms with Crippen LogP contribution in [0.25, 0.3) is 16.8 Å². The maximum absolute atomic E-state index is 14.4. The molecule has 0 aliphatic carbocycles. The summed E-state index contributed by atoms with van der Waals surface area (Å²) >= 11 is 13.1. The third-order valence-electron chi connectivity index (χ3n) is 7.30. The Morgan fingerprint density at radius 1 is 1.00 bits per heavy atom. The molecule has 1 aliphatic rings. The third-order valence-corrected chi connectivity index (χ3v) is 8.77. The molecule has 0 fully saturated rings. The van der Waals surface area contributed by atoms with Gasteiger partial charge in [-0.2, -0.15) is 13.2 Å². The SMILES string of the molecule is CCOC(=O)C1=C(C(F)(F)F)N=c2s/c(=C\c3cc(Cl)ccc3OCc3cccc4ccccc34)c(=O)n2[C@@H]1c1ccc(Cl)cc1. The number of fused-ring (bicyclic) bond motifs is 2. The van der Waals surface area contributed by atoms with Crippen LogP contribution in [0.15, 0.2) is 106 Å². The van der Waals surface area contributed by atoms with Crippen molar-refractivity contribution in [3.8, 4) is 5.75 Å². The molecule has 2 heterocycles. The van der Waals surface area contributed by atoms with Crippen LogP contribution >= 0.6 is 34.5 Å². The second-order valence-corrected chi connectivity index (χ2v) is 12.1. The number of carbonyl (C=O) groups is 1. The van der Waals surface area contributed by atoms with Crippen molar-refractivity contribution in [3.05, 3.63) is 143 Å². The number of hydrogen-bond acceptors (Lipinski definition) is 6. The highest BCUT2D eigenvalue weighted by Gasteiger charge is 2.45. The molecule has 12 heteroatoms. The summed E-state index contributed by atoms with van der Waals surface area (Å²) < 4.78 is 55.6. The van der Waals surface area contributed by atoms with E-state index in [0.717, 1.165) is 32.2 Å². The lowest BCUT2D eigenvalue weighted by Gasteiger charge is -2.26. The maximum Gasteiger partial charge on any atom is 0.434 e. The lowest BCUT2D eigenvalue weighted by atomic mass is 9.95. The van der Waals surface area contributed by atoms with Gasteiger partial charge in [0, 0.05) is 15.6 Å². The Hall–Kier alpha value is -4.38. The predicted octanol–water partition coefficient (Wildman–Crippen LogP) is 7.38. The quantitative estimate of drug-likeness (QED) is 0.168. The number of benzene rings is 4. The van der Waals surface area contributed by atoms with Crippen LogP contribution in [0.1, 0.15) is 29.7 Å². The van der Waals surface area contributed by atoms with Gasteiger partial charge in [-0.15, -0.1) is 0 Å². The van der Waals surface area contributed by atoms with Crippen LogP contribution in [0.3, 0.4) is 0 Å². The van der Waals surface area contributed by atoms with E-state index in [2.05, 4.69) is 4.99 Å². The van der Waals surface area contributed by atoms with Gasteiger partial charge >= 0.3 is 12.1 Å². The first-order chi connectivity index (χ1) is 22.0. The van der Waals surface area contributed by atoms with Gasteiger partial charge in [-0.1, -0.05) is 89.1 Å². The Kier molecular flexibility index (Phi) is 8.78. The van der Waals surface area contributed by atoms with E-state index in [1.54, 1.807) is 18.2 Å². The normalized spacial score (nSPS) is 15.1. The molecule has 4 aromatic carbocycles. The molecule has 0 saturated carbocycles. The van der Waals surface area contributed by atoms with Crippen LogP contribution in [0, 0.1) is 0 Å². The second kappa shape index (κ2) is 12.8. The van der Waals surface area contributed by atoms with Crippen LogP contribution in [-0.4, -0.2) is 23.3 Å². The van der Waals surface area contributed by atoms with Crippen LogP contribution in [0.5, 0.6) is 5.75 Å². The lowest BCUT2D eigenvalue weighted by Crippen LogP contribution is -2.41. The maximum atomic E-state index is 14.4. The fourth-order valence-electron chi connectivity index (χ4n) is 5.28. The van der Waals surface area contributed by atoms with Gasteiger partial charge in [0.25, 0.3) is 5.56 Å². The Morgan fingerprint density at radius 2 is 1.72 bits per heavy atom. The number of ether oxygens (including phenoxy) is 2. The Bertz CT molecular complexity index is 2190. The average molecular weight is 684 g/mol. The number of carbonyl (C=O) groups excluding carboxylic acids is 1. The standard InChI is InChI=1S/C34H23Cl2F3N2O4S/c1-2-44-32(43)28-29(20-10-12-23(35)13-11-20)41-31(42)27(46-33(41)40-30(28)34(37,38)39)17-22-16-24(36)14-15-26(22)45-18-21-8-5-7-19-6-3-4-9-25(19)21/h3-17,29H,2,18H2,1H3/b27-17-/t29-/m1/s1. The third kappa shape index (κ3) is 6.20. The molecular weight excluding hydrogens is 660 g/mol. The highest BCUT2D eigenvalue weighted by molar-refractivity contribution is 7.07. The molecule has 0 saturated heterocycles. The highest BCUT2D eigenvalue weighted by atomic mass is 35.5. The van der Waals surface area contributed by atoms with Crippen molar-refractivity contribution in [3.63, 3.8) is 0 Å². The first kappa shape index (κ1) is 31.6. The smallest absolute Gasteiger partial charge is 0.434 e. The monoisotopic (exact) mass is 682 g/mol. The first-order valence-electron chi connectivity index (χ1n) is 14.0. The highest BCUT2D eigenvalue weighted by Crippen LogP contribution is 2.38. The molecule has 0 spiro atoms. The van der Waals surface area contributed by atoms with Crippen molar-refractivity contribution in [2.45, 2.75) is 25.7 Å². The van der Waals surface area contributed by atoms with E-state index >= 15 is 0 Å². The van der Waals surface area contributed by atoms with Crippen molar-refractivity contribution >= 4 is 57.4 Å². The van der Waals surface area contributed by atoms with Gasteiger partial charge in [0.05, 0.1) is 22.8 Å². The topological polar surface area (TPSA) is 69.9 Å². The Balaban J connectivity index is 1.49. The number of allylic oxidation sites excluding steroid dienone is 1. The second-order valence-electron chi connectivity index (χ2n) is 10.2. The Labute approximate surface area is 274 Å². The number of hydrogen-bond donors (Lipinski definition) is 0. The largest absolute Gasteiger partial charge is 0.488 e. The van der Waals surface area contributed by atoms with E-state index in [0.29, 0.717) is 21.4 Å². The molecule has 1 aromatic heterocycles. The van der Waals surface area contributed by atoms with Crippen molar-refractivity contribution in [1.82, 2.24) is 4.57 Å². The number of halogens is 5. The summed E-state index contributed by atoms with van der Waals surface area (Å²) in [4.78, 5) is 30.6. The Morgan fingerprint density at radius 3 is 2.46 bits per heavy atom. The van der Waals surface area contributed by atoms with E-state index in [1.165, 1.54) is 37.3 Å². The van der Waals surface area contributed by atoms with Crippen molar-refractivity contribution < 1.29 is 27.4 Å². The van der Waals surface area contributed by atoms with Crippen LogP contribution in [0.4, 0.5) is 13.2 Å². The minimum atomic E-state index is -5.02. The molecule has 46 heavy (non-hydrogen) atoms. The minimum Gasteiger partial charge on any atom is -0.488 e. The number of rotatable bonds is 7. The number of aromatic nitrogens is 1. The van der Waals surface area contributed by atoms with Gasteiger partial charge in [0.15, 0.2) is 10.5 Å². The van der Waals surface area contributed by atoms with E-state index < -0.39 is 35.0 Å². The first-order valence-corrected chi connectivity index (χ1v) is 15.6. The van der Waals surface area contributed by atoms with Crippen LogP contribution in [-0.2, 0) is 16.1 Å². The van der Waals surface area contributed by atoms with E-state index in [4.69, 9.17) is 32.7 Å². The molecule has 6 rings (SSSR count). The zero-order valence-electron chi connectivity index (χ0n) is 24.0. The number of alkyl halides is 3. The van der Waals surface area contributed by atoms with Gasteiger partial charge in [0.1, 0.15) is 12.4 Å². The van der Waals surface area contributed by atoms with Crippen LogP contribution in [0.2, 0.25) is 10.0 Å². The lowest BCUT2D eigenvalue weighted by molar-refractivity contribution is -0.140. The van der Waals surface area contributed by atoms with Crippen molar-refractivity contribution in [2.75, 3.05) is 6.61 Å². The summed E-state index contributed by atoms with van der Waals surface area (Å²) in [6.07, 6.45) is -3.52. The van der Waals surface area contributed by atoms with Crippen molar-refractivity contribution in [1.29, 1.82) is 0 Å². The summed E-state index contributed by atoms with van der Waals surface area (Å²) in [6.45, 7) is 1.50. The van der Waals surface area contributed by atoms with Gasteiger partial charge in [-0.25, -0.2) is 9.79 Å². The molecule has 0 bridgehead atoms. The molecule has 234 valence electrons. The van der Waals surface area contributed by atoms with Crippen molar-refractivity contribution in [2.24, 2.45) is 4.99 Å². The molecule has 0 unspecified atom stereocenters. The fraction of sp³-hybridized carbons (Fsp3) is 0.147. The minimum absolute atomic E-state index is 0.0571. The summed E-state index contributed by atoms with van der Waals surface area (Å²) in [5, 5.41) is 2.76. The summed E-state index contributed by atoms with van der Waals surface area (Å²) in [5.41, 5.74) is -1.29. The molecule has 0 N–H and O–H groups in total. The van der Waals surface area contributed by atoms with E-state index in [-0.39, 0.29) is 28.1 Å².